The smallest absolute Gasteiger partial charge is 0.165 e. The molecule has 0 amide bonds. The molecule has 0 aromatic heterocycles. The fraction of sp³-hybridized carbons (Fsp3) is 0.368. The van der Waals surface area contributed by atoms with Crippen molar-refractivity contribution in [3.8, 4) is 17.2 Å². The molecule has 1 N–H and O–H groups in total. The molecule has 1 atom stereocenters. The van der Waals surface area contributed by atoms with Crippen LogP contribution in [0.2, 0.25) is 0 Å². The molecule has 1 aliphatic heterocycles. The summed E-state index contributed by atoms with van der Waals surface area (Å²) in [4.78, 5) is 2.18. The van der Waals surface area contributed by atoms with Gasteiger partial charge >= 0.3 is 0 Å². The van der Waals surface area contributed by atoms with Gasteiger partial charge in [0.15, 0.2) is 11.5 Å². The van der Waals surface area contributed by atoms with E-state index in [9.17, 15) is 5.11 Å². The van der Waals surface area contributed by atoms with E-state index >= 15 is 0 Å². The number of nitrogens with zero attached hydrogens (tertiary/aromatic N) is 1. The summed E-state index contributed by atoms with van der Waals surface area (Å²) in [6.07, 6.45) is 1.80. The Balaban J connectivity index is 1.89. The largest absolute Gasteiger partial charge is 0.508 e. The van der Waals surface area contributed by atoms with Gasteiger partial charge in [0.1, 0.15) is 11.9 Å². The van der Waals surface area contributed by atoms with Crippen LogP contribution in [-0.4, -0.2) is 37.8 Å². The van der Waals surface area contributed by atoms with Crippen LogP contribution in [0.25, 0.3) is 0 Å². The monoisotopic (exact) mass is 313 g/mol. The third-order valence-electron chi connectivity index (χ3n) is 4.28. The molecule has 0 bridgehead atoms. The van der Waals surface area contributed by atoms with E-state index < -0.39 is 0 Å². The maximum absolute atomic E-state index is 9.46. The van der Waals surface area contributed by atoms with Gasteiger partial charge in [-0.3, -0.25) is 0 Å². The number of fused-ring (bicyclic) bond motifs is 1. The van der Waals surface area contributed by atoms with E-state index in [4.69, 9.17) is 9.47 Å². The summed E-state index contributed by atoms with van der Waals surface area (Å²) >= 11 is 0. The summed E-state index contributed by atoms with van der Waals surface area (Å²) in [5.41, 5.74) is 3.62. The minimum atomic E-state index is -0.0278. The lowest BCUT2D eigenvalue weighted by Crippen LogP contribution is -2.15. The highest BCUT2D eigenvalue weighted by atomic mass is 16.5. The van der Waals surface area contributed by atoms with E-state index in [2.05, 4.69) is 25.1 Å². The zero-order valence-corrected chi connectivity index (χ0v) is 13.9. The van der Waals surface area contributed by atoms with Crippen LogP contribution in [0.4, 0.5) is 0 Å². The van der Waals surface area contributed by atoms with Crippen LogP contribution in [0.5, 0.6) is 17.2 Å². The average Bonchev–Trinajstić information content (AvgIpc) is 2.98. The van der Waals surface area contributed by atoms with Crippen molar-refractivity contribution in [2.75, 3.05) is 27.7 Å². The van der Waals surface area contributed by atoms with Crippen molar-refractivity contribution in [1.82, 2.24) is 4.90 Å². The van der Waals surface area contributed by atoms with Gasteiger partial charge in [-0.1, -0.05) is 18.2 Å². The molecular weight excluding hydrogens is 290 g/mol. The zero-order chi connectivity index (χ0) is 16.4. The number of phenolic OH excluding ortho intramolecular Hbond substituents is 1. The van der Waals surface area contributed by atoms with Crippen molar-refractivity contribution in [3.63, 3.8) is 0 Å². The molecule has 0 fully saturated rings. The molecular formula is C19H23NO3. The lowest BCUT2D eigenvalue weighted by molar-refractivity contribution is 0.228. The number of hydrogen-bond acceptors (Lipinski definition) is 4. The third-order valence-corrected chi connectivity index (χ3v) is 4.28. The minimum absolute atomic E-state index is 0.0278. The van der Waals surface area contributed by atoms with E-state index in [1.165, 1.54) is 11.1 Å². The van der Waals surface area contributed by atoms with Crippen LogP contribution < -0.4 is 9.47 Å². The van der Waals surface area contributed by atoms with E-state index in [1.54, 1.807) is 19.2 Å². The van der Waals surface area contributed by atoms with Gasteiger partial charge in [-0.2, -0.15) is 0 Å². The molecule has 23 heavy (non-hydrogen) atoms. The minimum Gasteiger partial charge on any atom is -0.508 e. The Morgan fingerprint density at radius 1 is 1.17 bits per heavy atom. The topological polar surface area (TPSA) is 41.9 Å². The number of hydrogen-bond donors (Lipinski definition) is 1. The zero-order valence-electron chi connectivity index (χ0n) is 13.9. The summed E-state index contributed by atoms with van der Waals surface area (Å²) in [6, 6.07) is 11.4. The van der Waals surface area contributed by atoms with Crippen LogP contribution in [-0.2, 0) is 12.8 Å². The van der Waals surface area contributed by atoms with Gasteiger partial charge in [-0.15, -0.1) is 0 Å². The van der Waals surface area contributed by atoms with Crippen molar-refractivity contribution in [2.24, 2.45) is 0 Å². The molecule has 122 valence electrons. The van der Waals surface area contributed by atoms with Gasteiger partial charge in [-0.25, -0.2) is 0 Å². The van der Waals surface area contributed by atoms with Gasteiger partial charge in [0.05, 0.1) is 7.11 Å². The molecule has 1 aliphatic rings. The molecule has 0 unspecified atom stereocenters. The first-order valence-electron chi connectivity index (χ1n) is 7.87. The highest BCUT2D eigenvalue weighted by Crippen LogP contribution is 2.44. The van der Waals surface area contributed by atoms with E-state index in [0.29, 0.717) is 0 Å². The Morgan fingerprint density at radius 2 is 1.91 bits per heavy atom. The molecule has 0 saturated carbocycles. The second-order valence-electron chi connectivity index (χ2n) is 6.19. The van der Waals surface area contributed by atoms with E-state index in [0.717, 1.165) is 36.4 Å². The second kappa shape index (κ2) is 6.50. The van der Waals surface area contributed by atoms with Gasteiger partial charge in [0.25, 0.3) is 0 Å². The standard InChI is InChI=1S/C19H23NO3/c1-20(2)11-10-13-6-9-17(22-3)19-16(13)12-18(23-19)14-4-7-15(21)8-5-14/h4-9,18,21H,10-12H2,1-3H3/t18-/m0/s1. The van der Waals surface area contributed by atoms with Gasteiger partial charge < -0.3 is 19.5 Å². The summed E-state index contributed by atoms with van der Waals surface area (Å²) in [6.45, 7) is 1.00. The van der Waals surface area contributed by atoms with Crippen LogP contribution in [0.3, 0.4) is 0 Å². The molecule has 2 aromatic carbocycles. The summed E-state index contributed by atoms with van der Waals surface area (Å²) in [7, 11) is 5.84. The number of likely N-dealkylation sites (N-methyl/N-ethyl adjacent to an activating group) is 1. The van der Waals surface area contributed by atoms with Gasteiger partial charge in [0, 0.05) is 18.5 Å². The highest BCUT2D eigenvalue weighted by molar-refractivity contribution is 5.54. The molecule has 4 heteroatoms. The van der Waals surface area contributed by atoms with Crippen LogP contribution in [0.15, 0.2) is 36.4 Å². The Bertz CT molecular complexity index is 680. The summed E-state index contributed by atoms with van der Waals surface area (Å²) < 4.78 is 11.6. The summed E-state index contributed by atoms with van der Waals surface area (Å²) in [5.74, 6) is 1.92. The Hall–Kier alpha value is -2.20. The first-order chi connectivity index (χ1) is 11.1. The lowest BCUT2D eigenvalue weighted by atomic mass is 9.97. The number of phenols is 1. The SMILES string of the molecule is COc1ccc(CCN(C)C)c2c1O[C@H](c1ccc(O)cc1)C2. The van der Waals surface area contributed by atoms with Crippen LogP contribution in [0, 0.1) is 0 Å². The first kappa shape index (κ1) is 15.7. The molecule has 2 aromatic rings. The number of ether oxygens (including phenoxy) is 2. The van der Waals surface area contributed by atoms with Crippen molar-refractivity contribution < 1.29 is 14.6 Å². The molecule has 4 nitrogen and oxygen atoms in total. The van der Waals surface area contributed by atoms with Crippen molar-refractivity contribution in [3.05, 3.63) is 53.1 Å². The van der Waals surface area contributed by atoms with Crippen molar-refractivity contribution in [2.45, 2.75) is 18.9 Å². The number of rotatable bonds is 5. The van der Waals surface area contributed by atoms with E-state index in [1.807, 2.05) is 18.2 Å². The quantitative estimate of drug-likeness (QED) is 0.920. The Kier molecular flexibility index (Phi) is 4.44. The number of aromatic hydroxyl groups is 1. The number of benzene rings is 2. The molecule has 0 aliphatic carbocycles. The number of methoxy groups -OCH3 is 1. The van der Waals surface area contributed by atoms with Crippen LogP contribution in [0.1, 0.15) is 22.8 Å². The van der Waals surface area contributed by atoms with Gasteiger partial charge in [-0.05, 0) is 49.8 Å². The highest BCUT2D eigenvalue weighted by Gasteiger charge is 2.29. The molecule has 3 rings (SSSR count). The maximum Gasteiger partial charge on any atom is 0.165 e. The molecule has 0 spiro atoms. The Labute approximate surface area is 137 Å². The molecule has 0 saturated heterocycles. The second-order valence-corrected chi connectivity index (χ2v) is 6.19. The molecule has 0 radical (unpaired) electrons. The van der Waals surface area contributed by atoms with Crippen molar-refractivity contribution >= 4 is 0 Å². The lowest BCUT2D eigenvalue weighted by Gasteiger charge is -2.13. The van der Waals surface area contributed by atoms with Gasteiger partial charge in [0.2, 0.25) is 0 Å². The summed E-state index contributed by atoms with van der Waals surface area (Å²) in [5, 5.41) is 9.46. The Morgan fingerprint density at radius 3 is 2.57 bits per heavy atom. The first-order valence-corrected chi connectivity index (χ1v) is 7.87. The maximum atomic E-state index is 9.46. The fourth-order valence-corrected chi connectivity index (χ4v) is 2.98. The predicted octanol–water partition coefficient (Wildman–Crippen LogP) is 3.18. The third kappa shape index (κ3) is 3.27. The fourth-order valence-electron chi connectivity index (χ4n) is 2.98. The van der Waals surface area contributed by atoms with Crippen molar-refractivity contribution in [1.29, 1.82) is 0 Å². The average molecular weight is 313 g/mol. The molecule has 1 heterocycles. The van der Waals surface area contributed by atoms with Crippen LogP contribution >= 0.6 is 0 Å². The predicted molar refractivity (Wildman–Crippen MR) is 90.4 cm³/mol. The van der Waals surface area contributed by atoms with E-state index in [-0.39, 0.29) is 11.9 Å². The normalized spacial score (nSPS) is 16.3.